The van der Waals surface area contributed by atoms with E-state index >= 15 is 0 Å². The summed E-state index contributed by atoms with van der Waals surface area (Å²) in [6.07, 6.45) is 0.773. The molecule has 2 aromatic rings. The molecular formula is C14H12O2. The second-order valence-corrected chi connectivity index (χ2v) is 4.29. The molecule has 80 valence electrons. The van der Waals surface area contributed by atoms with Crippen LogP contribution in [-0.4, -0.2) is 5.97 Å². The van der Waals surface area contributed by atoms with Crippen molar-refractivity contribution in [3.05, 3.63) is 42.0 Å². The first-order chi connectivity index (χ1) is 7.75. The van der Waals surface area contributed by atoms with Gasteiger partial charge in [-0.25, -0.2) is 0 Å². The van der Waals surface area contributed by atoms with E-state index in [1.807, 2.05) is 31.2 Å². The van der Waals surface area contributed by atoms with Crippen LogP contribution in [0.3, 0.4) is 0 Å². The maximum absolute atomic E-state index is 11.5. The summed E-state index contributed by atoms with van der Waals surface area (Å²) in [6.45, 7) is 1.91. The molecule has 16 heavy (non-hydrogen) atoms. The lowest BCUT2D eigenvalue weighted by Gasteiger charge is -2.21. The Hall–Kier alpha value is -1.83. The molecule has 1 heterocycles. The Morgan fingerprint density at radius 3 is 2.88 bits per heavy atom. The molecule has 0 fully saturated rings. The molecule has 3 rings (SSSR count). The smallest absolute Gasteiger partial charge is 0.314 e. The summed E-state index contributed by atoms with van der Waals surface area (Å²) in [6, 6.07) is 12.1. The second kappa shape index (κ2) is 3.34. The minimum atomic E-state index is -0.122. The molecular weight excluding hydrogens is 200 g/mol. The Labute approximate surface area is 93.8 Å². The van der Waals surface area contributed by atoms with Crippen molar-refractivity contribution < 1.29 is 9.53 Å². The molecule has 2 nitrogen and oxygen atoms in total. The molecule has 0 spiro atoms. The van der Waals surface area contributed by atoms with Crippen LogP contribution in [0.5, 0.6) is 5.75 Å². The van der Waals surface area contributed by atoms with Crippen molar-refractivity contribution in [3.8, 4) is 5.75 Å². The molecule has 1 atom stereocenters. The number of esters is 1. The van der Waals surface area contributed by atoms with Crippen LogP contribution in [0, 0.1) is 5.92 Å². The summed E-state index contributed by atoms with van der Waals surface area (Å²) in [5.74, 6) is 0.558. The summed E-state index contributed by atoms with van der Waals surface area (Å²) in [5.41, 5.74) is 1.16. The lowest BCUT2D eigenvalue weighted by molar-refractivity contribution is -0.139. The van der Waals surface area contributed by atoms with Crippen molar-refractivity contribution in [1.29, 1.82) is 0 Å². The minimum Gasteiger partial charge on any atom is -0.426 e. The summed E-state index contributed by atoms with van der Waals surface area (Å²) >= 11 is 0. The summed E-state index contributed by atoms with van der Waals surface area (Å²) in [4.78, 5) is 11.5. The standard InChI is InChI=1S/C14H12O2/c1-9-8-12-11-5-3-2-4-10(11)6-7-13(12)16-14(9)15/h2-7,9H,8H2,1H3/t9-/m0/s1. The SMILES string of the molecule is C[C@H]1Cc2c(ccc3ccccc23)OC1=O. The minimum absolute atomic E-state index is 0.0432. The van der Waals surface area contributed by atoms with Gasteiger partial charge >= 0.3 is 5.97 Å². The number of benzene rings is 2. The van der Waals surface area contributed by atoms with E-state index in [2.05, 4.69) is 12.1 Å². The third-order valence-electron chi connectivity index (χ3n) is 3.12. The number of carbonyl (C=O) groups excluding carboxylic acids is 1. The molecule has 0 unspecified atom stereocenters. The van der Waals surface area contributed by atoms with Crippen LogP contribution in [0.25, 0.3) is 10.8 Å². The topological polar surface area (TPSA) is 26.3 Å². The highest BCUT2D eigenvalue weighted by Gasteiger charge is 2.25. The molecule has 0 aromatic heterocycles. The van der Waals surface area contributed by atoms with Crippen LogP contribution in [0.2, 0.25) is 0 Å². The largest absolute Gasteiger partial charge is 0.426 e. The van der Waals surface area contributed by atoms with Crippen molar-refractivity contribution in [2.75, 3.05) is 0 Å². The van der Waals surface area contributed by atoms with E-state index in [0.29, 0.717) is 0 Å². The van der Waals surface area contributed by atoms with E-state index in [1.165, 1.54) is 10.8 Å². The molecule has 1 aliphatic rings. The van der Waals surface area contributed by atoms with E-state index < -0.39 is 0 Å². The van der Waals surface area contributed by atoms with Gasteiger partial charge in [-0.05, 0) is 23.3 Å². The molecule has 0 radical (unpaired) electrons. The molecule has 2 aromatic carbocycles. The summed E-state index contributed by atoms with van der Waals surface area (Å²) in [7, 11) is 0. The Balaban J connectivity index is 2.27. The average Bonchev–Trinajstić information content (AvgIpc) is 2.31. The van der Waals surface area contributed by atoms with E-state index in [-0.39, 0.29) is 11.9 Å². The van der Waals surface area contributed by atoms with Gasteiger partial charge in [0, 0.05) is 5.56 Å². The van der Waals surface area contributed by atoms with Crippen molar-refractivity contribution in [3.63, 3.8) is 0 Å². The third kappa shape index (κ3) is 1.30. The fraction of sp³-hybridized carbons (Fsp3) is 0.214. The summed E-state index contributed by atoms with van der Waals surface area (Å²) in [5, 5.41) is 2.39. The highest BCUT2D eigenvalue weighted by atomic mass is 16.5. The Morgan fingerprint density at radius 1 is 1.19 bits per heavy atom. The maximum atomic E-state index is 11.5. The normalized spacial score (nSPS) is 19.3. The molecule has 1 aliphatic heterocycles. The zero-order chi connectivity index (χ0) is 11.1. The number of rotatable bonds is 0. The first-order valence-electron chi connectivity index (χ1n) is 5.48. The third-order valence-corrected chi connectivity index (χ3v) is 3.12. The average molecular weight is 212 g/mol. The van der Waals surface area contributed by atoms with Crippen LogP contribution in [0.1, 0.15) is 12.5 Å². The van der Waals surface area contributed by atoms with Crippen molar-refractivity contribution in [2.45, 2.75) is 13.3 Å². The fourth-order valence-corrected chi connectivity index (χ4v) is 2.22. The highest BCUT2D eigenvalue weighted by molar-refractivity contribution is 5.90. The number of hydrogen-bond donors (Lipinski definition) is 0. The van der Waals surface area contributed by atoms with E-state index in [1.54, 1.807) is 0 Å². The van der Waals surface area contributed by atoms with Gasteiger partial charge in [-0.2, -0.15) is 0 Å². The van der Waals surface area contributed by atoms with Crippen LogP contribution in [-0.2, 0) is 11.2 Å². The van der Waals surface area contributed by atoms with Crippen LogP contribution < -0.4 is 4.74 Å². The van der Waals surface area contributed by atoms with Crippen molar-refractivity contribution in [2.24, 2.45) is 5.92 Å². The zero-order valence-corrected chi connectivity index (χ0v) is 9.07. The molecule has 0 amide bonds. The number of hydrogen-bond acceptors (Lipinski definition) is 2. The summed E-state index contributed by atoms with van der Waals surface area (Å²) < 4.78 is 5.31. The lowest BCUT2D eigenvalue weighted by atomic mass is 9.93. The van der Waals surface area contributed by atoms with Gasteiger partial charge in [0.25, 0.3) is 0 Å². The van der Waals surface area contributed by atoms with Crippen molar-refractivity contribution in [1.82, 2.24) is 0 Å². The molecule has 2 heteroatoms. The molecule has 0 N–H and O–H groups in total. The number of fused-ring (bicyclic) bond motifs is 3. The van der Waals surface area contributed by atoms with Gasteiger partial charge < -0.3 is 4.74 Å². The number of ether oxygens (including phenoxy) is 1. The molecule has 0 saturated carbocycles. The van der Waals surface area contributed by atoms with Gasteiger partial charge in [-0.3, -0.25) is 4.79 Å². The first-order valence-corrected chi connectivity index (χ1v) is 5.48. The molecule has 0 bridgehead atoms. The maximum Gasteiger partial charge on any atom is 0.314 e. The zero-order valence-electron chi connectivity index (χ0n) is 9.07. The van der Waals surface area contributed by atoms with Gasteiger partial charge in [-0.1, -0.05) is 37.3 Å². The fourth-order valence-electron chi connectivity index (χ4n) is 2.22. The van der Waals surface area contributed by atoms with Crippen molar-refractivity contribution >= 4 is 16.7 Å². The van der Waals surface area contributed by atoms with Gasteiger partial charge in [0.2, 0.25) is 0 Å². The number of carbonyl (C=O) groups is 1. The first kappa shape index (κ1) is 9.40. The predicted molar refractivity (Wildman–Crippen MR) is 62.5 cm³/mol. The van der Waals surface area contributed by atoms with Gasteiger partial charge in [0.05, 0.1) is 5.92 Å². The second-order valence-electron chi connectivity index (χ2n) is 4.29. The Kier molecular flexibility index (Phi) is 1.96. The Bertz CT molecular complexity index is 572. The predicted octanol–water partition coefficient (Wildman–Crippen LogP) is 2.94. The van der Waals surface area contributed by atoms with Crippen LogP contribution in [0.4, 0.5) is 0 Å². The van der Waals surface area contributed by atoms with Gasteiger partial charge in [-0.15, -0.1) is 0 Å². The van der Waals surface area contributed by atoms with E-state index in [4.69, 9.17) is 4.74 Å². The van der Waals surface area contributed by atoms with Gasteiger partial charge in [0.1, 0.15) is 5.75 Å². The van der Waals surface area contributed by atoms with Gasteiger partial charge in [0.15, 0.2) is 0 Å². The molecule has 0 aliphatic carbocycles. The quantitative estimate of drug-likeness (QED) is 0.495. The van der Waals surface area contributed by atoms with E-state index in [9.17, 15) is 4.79 Å². The molecule has 0 saturated heterocycles. The highest BCUT2D eigenvalue weighted by Crippen LogP contribution is 2.33. The monoisotopic (exact) mass is 212 g/mol. The van der Waals surface area contributed by atoms with Crippen LogP contribution in [0.15, 0.2) is 36.4 Å². The lowest BCUT2D eigenvalue weighted by Crippen LogP contribution is -2.25. The van der Waals surface area contributed by atoms with E-state index in [0.717, 1.165) is 17.7 Å². The van der Waals surface area contributed by atoms with Crippen LogP contribution >= 0.6 is 0 Å². The Morgan fingerprint density at radius 2 is 2.00 bits per heavy atom.